The quantitative estimate of drug-likeness (QED) is 0.188. The maximum Gasteiger partial charge on any atom is 0.269 e. The van der Waals surface area contributed by atoms with Gasteiger partial charge in [0, 0.05) is 51.4 Å². The Balaban J connectivity index is 1.77. The summed E-state index contributed by atoms with van der Waals surface area (Å²) < 4.78 is 2.07. The lowest BCUT2D eigenvalue weighted by atomic mass is 10.0. The van der Waals surface area contributed by atoms with Crippen molar-refractivity contribution in [2.24, 2.45) is 0 Å². The van der Waals surface area contributed by atoms with Crippen LogP contribution >= 0.6 is 23.2 Å². The van der Waals surface area contributed by atoms with Crippen LogP contribution in [-0.2, 0) is 6.54 Å². The van der Waals surface area contributed by atoms with Gasteiger partial charge in [0.2, 0.25) is 0 Å². The van der Waals surface area contributed by atoms with Gasteiger partial charge in [0.1, 0.15) is 0 Å². The number of fused-ring (bicyclic) bond motifs is 1. The number of non-ortho nitro benzene ring substituents is 1. The number of aromatic nitrogens is 1. The molecule has 0 saturated carbocycles. The van der Waals surface area contributed by atoms with E-state index in [-0.39, 0.29) is 5.69 Å². The summed E-state index contributed by atoms with van der Waals surface area (Å²) in [6, 6.07) is 21.5. The normalized spacial score (nSPS) is 11.5. The van der Waals surface area contributed by atoms with Crippen molar-refractivity contribution < 1.29 is 4.92 Å². The number of para-hydroxylation sites is 1. The van der Waals surface area contributed by atoms with Crippen molar-refractivity contribution in [2.45, 2.75) is 6.54 Å². The Bertz CT molecular complexity index is 1370. The third kappa shape index (κ3) is 4.31. The van der Waals surface area contributed by atoms with Crippen LogP contribution in [0, 0.1) is 21.4 Å². The lowest BCUT2D eigenvalue weighted by Crippen LogP contribution is -1.98. The highest BCUT2D eigenvalue weighted by Gasteiger charge is 2.12. The molecule has 0 N–H and O–H groups in total. The van der Waals surface area contributed by atoms with Gasteiger partial charge < -0.3 is 4.57 Å². The number of nitriles is 1. The zero-order valence-electron chi connectivity index (χ0n) is 16.1. The van der Waals surface area contributed by atoms with Crippen molar-refractivity contribution in [1.29, 1.82) is 5.26 Å². The van der Waals surface area contributed by atoms with E-state index in [4.69, 9.17) is 23.2 Å². The number of hydrogen-bond acceptors (Lipinski definition) is 3. The van der Waals surface area contributed by atoms with E-state index in [9.17, 15) is 15.4 Å². The Morgan fingerprint density at radius 3 is 2.52 bits per heavy atom. The van der Waals surface area contributed by atoms with Crippen molar-refractivity contribution >= 4 is 51.4 Å². The highest BCUT2D eigenvalue weighted by Crippen LogP contribution is 2.29. The van der Waals surface area contributed by atoms with E-state index in [1.54, 1.807) is 30.3 Å². The van der Waals surface area contributed by atoms with Gasteiger partial charge in [-0.05, 0) is 47.5 Å². The van der Waals surface area contributed by atoms with E-state index in [0.717, 1.165) is 22.0 Å². The summed E-state index contributed by atoms with van der Waals surface area (Å²) in [6.07, 6.45) is 3.77. The third-order valence-corrected chi connectivity index (χ3v) is 5.57. The van der Waals surface area contributed by atoms with E-state index >= 15 is 0 Å². The lowest BCUT2D eigenvalue weighted by molar-refractivity contribution is -0.384. The molecule has 4 aromatic rings. The van der Waals surface area contributed by atoms with Crippen molar-refractivity contribution in [3.8, 4) is 6.07 Å². The monoisotopic (exact) mass is 447 g/mol. The molecule has 0 atom stereocenters. The Kier molecular flexibility index (Phi) is 5.77. The van der Waals surface area contributed by atoms with E-state index in [0.29, 0.717) is 27.7 Å². The average molecular weight is 448 g/mol. The smallest absolute Gasteiger partial charge is 0.269 e. The number of nitro groups is 1. The van der Waals surface area contributed by atoms with Gasteiger partial charge in [-0.3, -0.25) is 10.1 Å². The summed E-state index contributed by atoms with van der Waals surface area (Å²) in [7, 11) is 0. The fraction of sp³-hybridized carbons (Fsp3) is 0.0417. The predicted octanol–water partition coefficient (Wildman–Crippen LogP) is 6.97. The van der Waals surface area contributed by atoms with Crippen LogP contribution in [0.3, 0.4) is 0 Å². The largest absolute Gasteiger partial charge is 0.342 e. The average Bonchev–Trinajstić information content (AvgIpc) is 3.11. The topological polar surface area (TPSA) is 71.9 Å². The minimum Gasteiger partial charge on any atom is -0.342 e. The van der Waals surface area contributed by atoms with Crippen LogP contribution in [-0.4, -0.2) is 9.49 Å². The molecule has 0 aliphatic heterocycles. The SMILES string of the molecule is N#C/C(=C/c1cn(Cc2ccc(Cl)cc2Cl)c2ccccc12)c1ccc([N+](=O)[O-])cc1. The van der Waals surface area contributed by atoms with E-state index < -0.39 is 4.92 Å². The molecule has 0 saturated heterocycles. The molecule has 0 unspecified atom stereocenters. The summed E-state index contributed by atoms with van der Waals surface area (Å²) in [6.45, 7) is 0.545. The van der Waals surface area contributed by atoms with Crippen LogP contribution in [0.5, 0.6) is 0 Å². The van der Waals surface area contributed by atoms with Crippen LogP contribution in [0.1, 0.15) is 16.7 Å². The van der Waals surface area contributed by atoms with Crippen LogP contribution in [0.25, 0.3) is 22.6 Å². The molecular formula is C24H15Cl2N3O2. The fourth-order valence-corrected chi connectivity index (χ4v) is 3.92. The summed E-state index contributed by atoms with van der Waals surface area (Å²) in [4.78, 5) is 10.4. The second kappa shape index (κ2) is 8.65. The zero-order chi connectivity index (χ0) is 22.0. The molecule has 0 amide bonds. The number of hydrogen-bond donors (Lipinski definition) is 0. The highest BCUT2D eigenvalue weighted by atomic mass is 35.5. The lowest BCUT2D eigenvalue weighted by Gasteiger charge is -2.08. The number of nitro benzene ring substituents is 1. The highest BCUT2D eigenvalue weighted by molar-refractivity contribution is 6.35. The minimum absolute atomic E-state index is 0.0162. The molecule has 0 bridgehead atoms. The van der Waals surface area contributed by atoms with Gasteiger partial charge in [0.25, 0.3) is 5.69 Å². The Hall–Kier alpha value is -3.59. The Morgan fingerprint density at radius 1 is 1.10 bits per heavy atom. The molecule has 152 valence electrons. The molecule has 0 spiro atoms. The van der Waals surface area contributed by atoms with Crippen LogP contribution in [0.2, 0.25) is 10.0 Å². The van der Waals surface area contributed by atoms with Gasteiger partial charge >= 0.3 is 0 Å². The first-order valence-corrected chi connectivity index (χ1v) is 10.1. The van der Waals surface area contributed by atoms with Crippen molar-refractivity contribution in [1.82, 2.24) is 4.57 Å². The number of nitrogens with zero attached hydrogens (tertiary/aromatic N) is 3. The maximum absolute atomic E-state index is 10.9. The number of allylic oxidation sites excluding steroid dienone is 1. The molecule has 1 heterocycles. The van der Waals surface area contributed by atoms with Crippen molar-refractivity contribution in [3.63, 3.8) is 0 Å². The van der Waals surface area contributed by atoms with Crippen LogP contribution in [0.4, 0.5) is 5.69 Å². The van der Waals surface area contributed by atoms with Gasteiger partial charge in [0.15, 0.2) is 0 Å². The van der Waals surface area contributed by atoms with E-state index in [1.165, 1.54) is 12.1 Å². The summed E-state index contributed by atoms with van der Waals surface area (Å²) >= 11 is 12.4. The molecule has 0 aliphatic carbocycles. The second-order valence-electron chi connectivity index (χ2n) is 6.94. The summed E-state index contributed by atoms with van der Waals surface area (Å²) in [5.41, 5.74) is 3.82. The van der Waals surface area contributed by atoms with Gasteiger partial charge in [0.05, 0.1) is 16.6 Å². The first-order chi connectivity index (χ1) is 15.0. The minimum atomic E-state index is -0.463. The van der Waals surface area contributed by atoms with Crippen molar-refractivity contribution in [3.05, 3.63) is 110 Å². The second-order valence-corrected chi connectivity index (χ2v) is 7.78. The first-order valence-electron chi connectivity index (χ1n) is 9.34. The van der Waals surface area contributed by atoms with Crippen LogP contribution < -0.4 is 0 Å². The number of rotatable bonds is 5. The molecule has 4 rings (SSSR count). The molecule has 3 aromatic carbocycles. The molecule has 0 radical (unpaired) electrons. The van der Waals surface area contributed by atoms with Gasteiger partial charge in [-0.25, -0.2) is 0 Å². The standard InChI is InChI=1S/C24H15Cl2N3O2/c25-20-8-5-17(23(26)12-20)14-28-15-19(22-3-1-2-4-24(22)28)11-18(13-27)16-6-9-21(10-7-16)29(30)31/h1-12,15H,14H2/b18-11-. The van der Waals surface area contributed by atoms with E-state index in [1.807, 2.05) is 36.5 Å². The number of benzene rings is 3. The number of halogens is 2. The van der Waals surface area contributed by atoms with Gasteiger partial charge in [-0.1, -0.05) is 47.5 Å². The van der Waals surface area contributed by atoms with E-state index in [2.05, 4.69) is 10.6 Å². The predicted molar refractivity (Wildman–Crippen MR) is 124 cm³/mol. The molecule has 5 nitrogen and oxygen atoms in total. The molecule has 1 aromatic heterocycles. The molecule has 0 fully saturated rings. The molecule has 31 heavy (non-hydrogen) atoms. The van der Waals surface area contributed by atoms with Crippen molar-refractivity contribution in [2.75, 3.05) is 0 Å². The van der Waals surface area contributed by atoms with Gasteiger partial charge in [-0.15, -0.1) is 0 Å². The fourth-order valence-electron chi connectivity index (χ4n) is 3.45. The zero-order valence-corrected chi connectivity index (χ0v) is 17.6. The first kappa shape index (κ1) is 20.7. The molecular weight excluding hydrogens is 433 g/mol. The Morgan fingerprint density at radius 2 is 1.84 bits per heavy atom. The molecule has 7 heteroatoms. The summed E-state index contributed by atoms with van der Waals surface area (Å²) in [5.74, 6) is 0. The van der Waals surface area contributed by atoms with Crippen LogP contribution in [0.15, 0.2) is 72.9 Å². The molecule has 0 aliphatic rings. The maximum atomic E-state index is 10.9. The van der Waals surface area contributed by atoms with Gasteiger partial charge in [-0.2, -0.15) is 5.26 Å². The Labute approximate surface area is 188 Å². The third-order valence-electron chi connectivity index (χ3n) is 4.98. The summed E-state index contributed by atoms with van der Waals surface area (Å²) in [5, 5.41) is 22.8.